The van der Waals surface area contributed by atoms with Crippen LogP contribution in [0.5, 0.6) is 0 Å². The van der Waals surface area contributed by atoms with Crippen LogP contribution in [0.3, 0.4) is 0 Å². The first-order valence-corrected chi connectivity index (χ1v) is 9.44. The van der Waals surface area contributed by atoms with E-state index in [1.165, 1.54) is 0 Å². The molecule has 0 spiro atoms. The molecule has 2 aliphatic rings. The number of hydrogen-bond donors (Lipinski definition) is 0. The van der Waals surface area contributed by atoms with Gasteiger partial charge >= 0.3 is 0 Å². The third-order valence-electron chi connectivity index (χ3n) is 5.23. The molecule has 0 aromatic heterocycles. The topological polar surface area (TPSA) is 53.1 Å². The van der Waals surface area contributed by atoms with Gasteiger partial charge in [0.15, 0.2) is 6.10 Å². The number of likely N-dealkylation sites (N-methyl/N-ethyl adjacent to an activating group) is 1. The van der Waals surface area contributed by atoms with Crippen LogP contribution >= 0.6 is 0 Å². The van der Waals surface area contributed by atoms with Crippen molar-refractivity contribution in [2.75, 3.05) is 39.8 Å². The average Bonchev–Trinajstić information content (AvgIpc) is 2.86. The Labute approximate surface area is 155 Å². The van der Waals surface area contributed by atoms with Crippen LogP contribution in [0.2, 0.25) is 0 Å². The van der Waals surface area contributed by atoms with Crippen molar-refractivity contribution in [3.05, 3.63) is 35.9 Å². The smallest absolute Gasteiger partial charge is 0.254 e. The minimum atomic E-state index is -0.652. The molecule has 0 radical (unpaired) electrons. The Bertz CT molecular complexity index is 634. The molecule has 2 amide bonds. The third kappa shape index (κ3) is 3.91. The van der Waals surface area contributed by atoms with Gasteiger partial charge in [0.25, 0.3) is 5.91 Å². The van der Waals surface area contributed by atoms with Crippen LogP contribution in [0, 0.1) is 0 Å². The van der Waals surface area contributed by atoms with Crippen LogP contribution in [-0.2, 0) is 14.3 Å². The molecule has 6 nitrogen and oxygen atoms in total. The maximum absolute atomic E-state index is 13.3. The summed E-state index contributed by atoms with van der Waals surface area (Å²) in [6.07, 6.45) is 0.304. The van der Waals surface area contributed by atoms with Gasteiger partial charge in [0, 0.05) is 25.7 Å². The molecule has 2 atom stereocenters. The summed E-state index contributed by atoms with van der Waals surface area (Å²) in [5.74, 6) is -0.0687. The maximum atomic E-state index is 13.3. The Hall–Kier alpha value is -1.92. The van der Waals surface area contributed by atoms with Crippen molar-refractivity contribution in [3.8, 4) is 0 Å². The normalized spacial score (nSPS) is 25.5. The molecule has 0 bridgehead atoms. The predicted octanol–water partition coefficient (Wildman–Crippen LogP) is 1.53. The molecule has 2 fully saturated rings. The van der Waals surface area contributed by atoms with Gasteiger partial charge in [-0.3, -0.25) is 9.59 Å². The number of carbonyl (C=O) groups excluding carboxylic acids is 2. The second kappa shape index (κ2) is 8.18. The lowest BCUT2D eigenvalue weighted by Gasteiger charge is -2.44. The summed E-state index contributed by atoms with van der Waals surface area (Å²) in [4.78, 5) is 31.8. The van der Waals surface area contributed by atoms with Crippen molar-refractivity contribution in [2.45, 2.75) is 38.5 Å². The summed E-state index contributed by atoms with van der Waals surface area (Å²) in [5.41, 5.74) is 0.944. The van der Waals surface area contributed by atoms with E-state index in [9.17, 15) is 9.59 Å². The van der Waals surface area contributed by atoms with E-state index in [4.69, 9.17) is 4.74 Å². The van der Waals surface area contributed by atoms with Gasteiger partial charge in [-0.1, -0.05) is 30.3 Å². The summed E-state index contributed by atoms with van der Waals surface area (Å²) < 4.78 is 5.82. The number of carbonyl (C=O) groups is 2. The van der Waals surface area contributed by atoms with Gasteiger partial charge in [0.1, 0.15) is 6.61 Å². The summed E-state index contributed by atoms with van der Waals surface area (Å²) in [7, 11) is 2.08. The fourth-order valence-corrected chi connectivity index (χ4v) is 3.88. The first-order valence-electron chi connectivity index (χ1n) is 9.44. The van der Waals surface area contributed by atoms with Crippen molar-refractivity contribution in [3.63, 3.8) is 0 Å². The SMILES string of the molecule is CC(C)N1C(=O)COC(C(=O)N2CCCN(C)CC2)C1c1ccccc1. The van der Waals surface area contributed by atoms with Gasteiger partial charge in [-0.05, 0) is 39.4 Å². The average molecular weight is 359 g/mol. The van der Waals surface area contributed by atoms with E-state index < -0.39 is 6.10 Å². The molecule has 0 saturated carbocycles. The molecule has 6 heteroatoms. The zero-order chi connectivity index (χ0) is 18.7. The second-order valence-electron chi connectivity index (χ2n) is 7.46. The first-order chi connectivity index (χ1) is 12.5. The third-order valence-corrected chi connectivity index (χ3v) is 5.23. The lowest BCUT2D eigenvalue weighted by atomic mass is 9.95. The van der Waals surface area contributed by atoms with Crippen molar-refractivity contribution in [1.29, 1.82) is 0 Å². The molecule has 26 heavy (non-hydrogen) atoms. The lowest BCUT2D eigenvalue weighted by molar-refractivity contribution is -0.171. The highest BCUT2D eigenvalue weighted by molar-refractivity contribution is 5.86. The molecular weight excluding hydrogens is 330 g/mol. The number of nitrogens with zero attached hydrogens (tertiary/aromatic N) is 3. The zero-order valence-electron chi connectivity index (χ0n) is 15.9. The summed E-state index contributed by atoms with van der Waals surface area (Å²) >= 11 is 0. The predicted molar refractivity (Wildman–Crippen MR) is 99.6 cm³/mol. The molecule has 3 rings (SSSR count). The lowest BCUT2D eigenvalue weighted by Crippen LogP contribution is -2.57. The molecule has 0 N–H and O–H groups in total. The quantitative estimate of drug-likeness (QED) is 0.821. The Balaban J connectivity index is 1.90. The summed E-state index contributed by atoms with van der Waals surface area (Å²) in [6, 6.07) is 9.38. The van der Waals surface area contributed by atoms with E-state index >= 15 is 0 Å². The minimum absolute atomic E-state index is 0.00201. The number of benzene rings is 1. The Morgan fingerprint density at radius 2 is 1.85 bits per heavy atom. The van der Waals surface area contributed by atoms with Gasteiger partial charge in [-0.25, -0.2) is 0 Å². The second-order valence-corrected chi connectivity index (χ2v) is 7.46. The molecular formula is C20H29N3O3. The first kappa shape index (κ1) is 18.9. The molecule has 142 valence electrons. The van der Waals surface area contributed by atoms with E-state index in [0.29, 0.717) is 6.54 Å². The van der Waals surface area contributed by atoms with Gasteiger partial charge in [0.05, 0.1) is 6.04 Å². The van der Waals surface area contributed by atoms with Crippen molar-refractivity contribution in [1.82, 2.24) is 14.7 Å². The monoisotopic (exact) mass is 359 g/mol. The van der Waals surface area contributed by atoms with E-state index in [0.717, 1.165) is 31.6 Å². The number of amides is 2. The maximum Gasteiger partial charge on any atom is 0.254 e. The zero-order valence-corrected chi connectivity index (χ0v) is 15.9. The molecule has 2 heterocycles. The molecule has 1 aromatic carbocycles. The van der Waals surface area contributed by atoms with E-state index in [1.807, 2.05) is 54.0 Å². The molecule has 2 unspecified atom stereocenters. The van der Waals surface area contributed by atoms with E-state index in [-0.39, 0.29) is 30.5 Å². The van der Waals surface area contributed by atoms with Gasteiger partial charge < -0.3 is 19.4 Å². The van der Waals surface area contributed by atoms with Gasteiger partial charge in [0.2, 0.25) is 5.91 Å². The fourth-order valence-electron chi connectivity index (χ4n) is 3.88. The summed E-state index contributed by atoms with van der Waals surface area (Å²) in [5, 5.41) is 0. The van der Waals surface area contributed by atoms with Crippen LogP contribution in [-0.4, -0.2) is 78.5 Å². The Morgan fingerprint density at radius 1 is 1.12 bits per heavy atom. The van der Waals surface area contributed by atoms with Crippen molar-refractivity contribution >= 4 is 11.8 Å². The van der Waals surface area contributed by atoms with Crippen LogP contribution in [0.15, 0.2) is 30.3 Å². The Morgan fingerprint density at radius 3 is 2.54 bits per heavy atom. The van der Waals surface area contributed by atoms with Crippen molar-refractivity contribution < 1.29 is 14.3 Å². The Kier molecular flexibility index (Phi) is 5.94. The largest absolute Gasteiger partial charge is 0.356 e. The summed E-state index contributed by atoms with van der Waals surface area (Å²) in [6.45, 7) is 7.23. The molecule has 2 saturated heterocycles. The number of rotatable bonds is 3. The standard InChI is InChI=1S/C20H29N3O3/c1-15(2)23-17(24)14-26-19(18(23)16-8-5-4-6-9-16)20(25)22-11-7-10-21(3)12-13-22/h4-6,8-9,15,18-19H,7,10-14H2,1-3H3. The highest BCUT2D eigenvalue weighted by Crippen LogP contribution is 2.33. The highest BCUT2D eigenvalue weighted by atomic mass is 16.5. The van der Waals surface area contributed by atoms with E-state index in [2.05, 4.69) is 11.9 Å². The van der Waals surface area contributed by atoms with Crippen LogP contribution in [0.4, 0.5) is 0 Å². The molecule has 2 aliphatic heterocycles. The number of morpholine rings is 1. The van der Waals surface area contributed by atoms with Crippen molar-refractivity contribution in [2.24, 2.45) is 0 Å². The van der Waals surface area contributed by atoms with Crippen LogP contribution < -0.4 is 0 Å². The van der Waals surface area contributed by atoms with Gasteiger partial charge in [-0.2, -0.15) is 0 Å². The van der Waals surface area contributed by atoms with E-state index in [1.54, 1.807) is 0 Å². The van der Waals surface area contributed by atoms with Crippen LogP contribution in [0.1, 0.15) is 31.9 Å². The fraction of sp³-hybridized carbons (Fsp3) is 0.600. The molecule has 0 aliphatic carbocycles. The number of ether oxygens (including phenoxy) is 1. The molecule has 1 aromatic rings. The minimum Gasteiger partial charge on any atom is -0.356 e. The van der Waals surface area contributed by atoms with Gasteiger partial charge in [-0.15, -0.1) is 0 Å². The number of hydrogen-bond acceptors (Lipinski definition) is 4. The highest BCUT2D eigenvalue weighted by Gasteiger charge is 2.44. The van der Waals surface area contributed by atoms with Crippen LogP contribution in [0.25, 0.3) is 0 Å².